The number of hydrogen-bond acceptors (Lipinski definition) is 4. The maximum Gasteiger partial charge on any atom is 0.261 e. The fourth-order valence-corrected chi connectivity index (χ4v) is 4.98. The van der Waals surface area contributed by atoms with Crippen LogP contribution in [0.5, 0.6) is 5.75 Å². The maximum atomic E-state index is 12.8. The van der Waals surface area contributed by atoms with Crippen LogP contribution in [-0.4, -0.2) is 20.9 Å². The molecule has 0 heterocycles. The highest BCUT2D eigenvalue weighted by Gasteiger charge is 2.19. The lowest BCUT2D eigenvalue weighted by atomic mass is 9.99. The molecule has 0 aliphatic carbocycles. The Morgan fingerprint density at radius 1 is 0.861 bits per heavy atom. The molecule has 4 aromatic rings. The number of hydrogen-bond donors (Lipinski definition) is 2. The van der Waals surface area contributed by atoms with Gasteiger partial charge in [0.2, 0.25) is 0 Å². The number of aryl methyl sites for hydroxylation is 1. The second-order valence-corrected chi connectivity index (χ2v) is 10.3. The van der Waals surface area contributed by atoms with Gasteiger partial charge in [0, 0.05) is 5.69 Å². The minimum absolute atomic E-state index is 0.0157. The molecule has 0 saturated carbocycles. The molecule has 8 heteroatoms. The van der Waals surface area contributed by atoms with Crippen molar-refractivity contribution in [1.29, 1.82) is 0 Å². The third-order valence-electron chi connectivity index (χ3n) is 5.45. The zero-order valence-electron chi connectivity index (χ0n) is 19.5. The number of rotatable bonds is 9. The van der Waals surface area contributed by atoms with Crippen LogP contribution in [0.2, 0.25) is 5.02 Å². The van der Waals surface area contributed by atoms with E-state index in [4.69, 9.17) is 16.3 Å². The van der Waals surface area contributed by atoms with Crippen LogP contribution in [0.25, 0.3) is 0 Å². The molecule has 4 rings (SSSR count). The van der Waals surface area contributed by atoms with Gasteiger partial charge in [-0.1, -0.05) is 90.0 Å². The van der Waals surface area contributed by atoms with Gasteiger partial charge in [-0.15, -0.1) is 0 Å². The summed E-state index contributed by atoms with van der Waals surface area (Å²) in [5.74, 6) is -0.140. The largest absolute Gasteiger partial charge is 0.482 e. The van der Waals surface area contributed by atoms with Crippen LogP contribution in [0.3, 0.4) is 0 Å². The number of anilines is 1. The fourth-order valence-electron chi connectivity index (χ4n) is 3.60. The molecule has 0 spiro atoms. The second kappa shape index (κ2) is 11.3. The Labute approximate surface area is 216 Å². The molecular weight excluding hydrogens is 496 g/mol. The monoisotopic (exact) mass is 520 g/mol. The molecule has 6 nitrogen and oxygen atoms in total. The Kier molecular flexibility index (Phi) is 7.93. The van der Waals surface area contributed by atoms with Gasteiger partial charge in [-0.3, -0.25) is 9.52 Å². The van der Waals surface area contributed by atoms with E-state index < -0.39 is 10.0 Å². The van der Waals surface area contributed by atoms with E-state index in [2.05, 4.69) is 10.0 Å². The van der Waals surface area contributed by atoms with Crippen LogP contribution in [0.15, 0.2) is 108 Å². The van der Waals surface area contributed by atoms with Gasteiger partial charge in [0.25, 0.3) is 15.9 Å². The zero-order chi connectivity index (χ0) is 25.5. The Balaban J connectivity index is 1.42. The third-order valence-corrected chi connectivity index (χ3v) is 7.12. The summed E-state index contributed by atoms with van der Waals surface area (Å²) in [6.45, 7) is 1.63. The predicted molar refractivity (Wildman–Crippen MR) is 142 cm³/mol. The Morgan fingerprint density at radius 3 is 2.00 bits per heavy atom. The number of benzene rings is 4. The number of carbonyl (C=O) groups is 1. The summed E-state index contributed by atoms with van der Waals surface area (Å²) in [5, 5.41) is 3.07. The van der Waals surface area contributed by atoms with Crippen molar-refractivity contribution in [1.82, 2.24) is 5.32 Å². The van der Waals surface area contributed by atoms with Gasteiger partial charge in [-0.05, 0) is 48.4 Å². The molecular formula is C28H25ClN2O4S. The topological polar surface area (TPSA) is 84.5 Å². The smallest absolute Gasteiger partial charge is 0.261 e. The average molecular weight is 521 g/mol. The van der Waals surface area contributed by atoms with Crippen molar-refractivity contribution in [3.05, 3.63) is 125 Å². The van der Waals surface area contributed by atoms with Gasteiger partial charge in [0.05, 0.1) is 16.0 Å². The first-order chi connectivity index (χ1) is 17.3. The predicted octanol–water partition coefficient (Wildman–Crippen LogP) is 5.73. The van der Waals surface area contributed by atoms with Gasteiger partial charge in [0.15, 0.2) is 6.61 Å². The highest BCUT2D eigenvalue weighted by atomic mass is 35.5. The highest BCUT2D eigenvalue weighted by molar-refractivity contribution is 7.92. The van der Waals surface area contributed by atoms with Crippen LogP contribution < -0.4 is 14.8 Å². The van der Waals surface area contributed by atoms with Crippen molar-refractivity contribution in [2.24, 2.45) is 0 Å². The summed E-state index contributed by atoms with van der Waals surface area (Å²) < 4.78 is 33.6. The first-order valence-corrected chi connectivity index (χ1v) is 13.1. The standard InChI is InChI=1S/C28H25ClN2O4S/c1-20-12-14-23(15-13-20)31-36(33,34)24-16-17-26(25(29)18-24)35-19-27(32)30-28(21-8-4-2-5-9-21)22-10-6-3-7-11-22/h2-18,28,31H,19H2,1H3,(H,30,32). The zero-order valence-corrected chi connectivity index (χ0v) is 21.1. The average Bonchev–Trinajstić information content (AvgIpc) is 2.89. The van der Waals surface area contributed by atoms with Crippen molar-refractivity contribution in [3.8, 4) is 5.75 Å². The van der Waals surface area contributed by atoms with Gasteiger partial charge in [-0.25, -0.2) is 8.42 Å². The molecule has 36 heavy (non-hydrogen) atoms. The van der Waals surface area contributed by atoms with E-state index in [0.29, 0.717) is 5.69 Å². The van der Waals surface area contributed by atoms with E-state index in [1.54, 1.807) is 12.1 Å². The van der Waals surface area contributed by atoms with Gasteiger partial charge in [0.1, 0.15) is 5.75 Å². The molecule has 184 valence electrons. The lowest BCUT2D eigenvalue weighted by Crippen LogP contribution is -2.33. The molecule has 0 bridgehead atoms. The van der Waals surface area contributed by atoms with Crippen molar-refractivity contribution >= 4 is 33.2 Å². The van der Waals surface area contributed by atoms with Crippen molar-refractivity contribution < 1.29 is 17.9 Å². The summed E-state index contributed by atoms with van der Waals surface area (Å²) in [6, 6.07) is 30.0. The lowest BCUT2D eigenvalue weighted by molar-refractivity contribution is -0.123. The molecule has 0 aromatic heterocycles. The number of carbonyl (C=O) groups excluding carboxylic acids is 1. The highest BCUT2D eigenvalue weighted by Crippen LogP contribution is 2.29. The van der Waals surface area contributed by atoms with Crippen LogP contribution in [0.4, 0.5) is 5.69 Å². The lowest BCUT2D eigenvalue weighted by Gasteiger charge is -2.20. The number of ether oxygens (including phenoxy) is 1. The summed E-state index contributed by atoms with van der Waals surface area (Å²) >= 11 is 6.29. The second-order valence-electron chi connectivity index (χ2n) is 8.17. The Morgan fingerprint density at radius 2 is 1.44 bits per heavy atom. The van der Waals surface area contributed by atoms with Crippen molar-refractivity contribution in [2.75, 3.05) is 11.3 Å². The van der Waals surface area contributed by atoms with Gasteiger partial charge < -0.3 is 10.1 Å². The fraction of sp³-hybridized carbons (Fsp3) is 0.107. The minimum atomic E-state index is -3.84. The SMILES string of the molecule is Cc1ccc(NS(=O)(=O)c2ccc(OCC(=O)NC(c3ccccc3)c3ccccc3)c(Cl)c2)cc1. The molecule has 0 aliphatic heterocycles. The van der Waals surface area contributed by atoms with E-state index in [1.807, 2.05) is 79.7 Å². The van der Waals surface area contributed by atoms with E-state index in [0.717, 1.165) is 16.7 Å². The first-order valence-electron chi connectivity index (χ1n) is 11.2. The van der Waals surface area contributed by atoms with Crippen molar-refractivity contribution in [3.63, 3.8) is 0 Å². The minimum Gasteiger partial charge on any atom is -0.482 e. The Hall–Kier alpha value is -3.81. The molecule has 1 amide bonds. The van der Waals surface area contributed by atoms with E-state index in [-0.39, 0.29) is 34.2 Å². The molecule has 0 fully saturated rings. The molecule has 0 atom stereocenters. The summed E-state index contributed by atoms with van der Waals surface area (Å²) in [7, 11) is -3.84. The first kappa shape index (κ1) is 25.3. The summed E-state index contributed by atoms with van der Waals surface area (Å²) in [4.78, 5) is 12.7. The number of halogens is 1. The van der Waals surface area contributed by atoms with Crippen LogP contribution >= 0.6 is 11.6 Å². The van der Waals surface area contributed by atoms with Crippen LogP contribution in [-0.2, 0) is 14.8 Å². The molecule has 0 saturated heterocycles. The van der Waals surface area contributed by atoms with Gasteiger partial charge >= 0.3 is 0 Å². The summed E-state index contributed by atoms with van der Waals surface area (Å²) in [5.41, 5.74) is 3.34. The third kappa shape index (κ3) is 6.44. The Bertz CT molecular complexity index is 1390. The molecule has 0 radical (unpaired) electrons. The normalized spacial score (nSPS) is 11.2. The molecule has 2 N–H and O–H groups in total. The van der Waals surface area contributed by atoms with Crippen LogP contribution in [0, 0.1) is 6.92 Å². The number of nitrogens with one attached hydrogen (secondary N) is 2. The van der Waals surface area contributed by atoms with E-state index in [9.17, 15) is 13.2 Å². The molecule has 0 unspecified atom stereocenters. The quantitative estimate of drug-likeness (QED) is 0.295. The summed E-state index contributed by atoms with van der Waals surface area (Å²) in [6.07, 6.45) is 0. The van der Waals surface area contributed by atoms with E-state index in [1.165, 1.54) is 18.2 Å². The van der Waals surface area contributed by atoms with E-state index >= 15 is 0 Å². The number of sulfonamides is 1. The maximum absolute atomic E-state index is 12.8. The molecule has 0 aliphatic rings. The number of amides is 1. The van der Waals surface area contributed by atoms with Crippen LogP contribution in [0.1, 0.15) is 22.7 Å². The van der Waals surface area contributed by atoms with Gasteiger partial charge in [-0.2, -0.15) is 0 Å². The molecule has 4 aromatic carbocycles. The van der Waals surface area contributed by atoms with Crippen molar-refractivity contribution in [2.45, 2.75) is 17.9 Å².